The molecule has 172 valence electrons. The van der Waals surface area contributed by atoms with Crippen LogP contribution in [0.1, 0.15) is 16.1 Å². The van der Waals surface area contributed by atoms with Crippen LogP contribution in [0.3, 0.4) is 0 Å². The molecule has 1 N–H and O–H groups in total. The maximum Gasteiger partial charge on any atom is 0.276 e. The molecule has 0 aliphatic carbocycles. The first-order chi connectivity index (χ1) is 16.7. The molecule has 0 unspecified atom stereocenters. The van der Waals surface area contributed by atoms with Crippen molar-refractivity contribution in [2.24, 2.45) is 0 Å². The van der Waals surface area contributed by atoms with Gasteiger partial charge in [0, 0.05) is 12.5 Å². The monoisotopic (exact) mass is 455 g/mol. The lowest BCUT2D eigenvalue weighted by molar-refractivity contribution is 0.101. The Morgan fingerprint density at radius 1 is 0.794 bits per heavy atom. The smallest absolute Gasteiger partial charge is 0.276 e. The second-order valence-electron chi connectivity index (χ2n) is 7.48. The number of anilines is 1. The minimum atomic E-state index is -0.433. The molecule has 34 heavy (non-hydrogen) atoms. The summed E-state index contributed by atoms with van der Waals surface area (Å²) in [6, 6.07) is 29.3. The molecule has 7 nitrogen and oxygen atoms in total. The second kappa shape index (κ2) is 11.5. The van der Waals surface area contributed by atoms with E-state index in [-0.39, 0.29) is 24.4 Å². The zero-order valence-corrected chi connectivity index (χ0v) is 18.6. The third kappa shape index (κ3) is 6.32. The standard InChI is InChI=1S/C27H25N3O4/c31-26-16-15-24(29-30(26)18-20-33-22-11-5-2-6-12-22)27(32)28-23-13-7-8-14-25(23)34-19-17-21-9-3-1-4-10-21/h1-16H,17-20H2,(H,28,32). The molecule has 1 heterocycles. The van der Waals surface area contributed by atoms with E-state index in [1.807, 2.05) is 72.8 Å². The van der Waals surface area contributed by atoms with Crippen molar-refractivity contribution in [3.63, 3.8) is 0 Å². The van der Waals surface area contributed by atoms with Crippen LogP contribution in [-0.2, 0) is 13.0 Å². The highest BCUT2D eigenvalue weighted by Crippen LogP contribution is 2.24. The summed E-state index contributed by atoms with van der Waals surface area (Å²) >= 11 is 0. The Balaban J connectivity index is 1.37. The number of ether oxygens (including phenoxy) is 2. The number of carbonyl (C=O) groups is 1. The third-order valence-corrected chi connectivity index (χ3v) is 5.04. The average molecular weight is 456 g/mol. The van der Waals surface area contributed by atoms with Crippen LogP contribution < -0.4 is 20.3 Å². The van der Waals surface area contributed by atoms with Crippen molar-refractivity contribution >= 4 is 11.6 Å². The molecule has 0 fully saturated rings. The van der Waals surface area contributed by atoms with Gasteiger partial charge in [-0.15, -0.1) is 0 Å². The minimum Gasteiger partial charge on any atom is -0.492 e. The number of benzene rings is 3. The van der Waals surface area contributed by atoms with E-state index in [0.29, 0.717) is 23.8 Å². The van der Waals surface area contributed by atoms with E-state index >= 15 is 0 Å². The maximum absolute atomic E-state index is 12.8. The lowest BCUT2D eigenvalue weighted by Gasteiger charge is -2.13. The normalized spacial score (nSPS) is 10.5. The topological polar surface area (TPSA) is 82.5 Å². The van der Waals surface area contributed by atoms with Crippen molar-refractivity contribution in [3.8, 4) is 11.5 Å². The van der Waals surface area contributed by atoms with Gasteiger partial charge >= 0.3 is 0 Å². The Morgan fingerprint density at radius 3 is 2.29 bits per heavy atom. The highest BCUT2D eigenvalue weighted by molar-refractivity contribution is 6.03. The molecule has 4 rings (SSSR count). The lowest BCUT2D eigenvalue weighted by Crippen LogP contribution is -2.28. The second-order valence-corrected chi connectivity index (χ2v) is 7.48. The van der Waals surface area contributed by atoms with E-state index in [4.69, 9.17) is 9.47 Å². The zero-order chi connectivity index (χ0) is 23.6. The number of aromatic nitrogens is 2. The molecule has 3 aromatic carbocycles. The summed E-state index contributed by atoms with van der Waals surface area (Å²) in [7, 11) is 0. The van der Waals surface area contributed by atoms with Gasteiger partial charge in [-0.1, -0.05) is 60.7 Å². The molecule has 1 aromatic heterocycles. The van der Waals surface area contributed by atoms with Gasteiger partial charge in [-0.3, -0.25) is 9.59 Å². The Kier molecular flexibility index (Phi) is 7.69. The van der Waals surface area contributed by atoms with Crippen LogP contribution in [0.25, 0.3) is 0 Å². The van der Waals surface area contributed by atoms with E-state index in [9.17, 15) is 9.59 Å². The van der Waals surface area contributed by atoms with Gasteiger partial charge in [0.2, 0.25) is 0 Å². The van der Waals surface area contributed by atoms with Crippen LogP contribution in [0.15, 0.2) is 102 Å². The highest BCUT2D eigenvalue weighted by Gasteiger charge is 2.13. The van der Waals surface area contributed by atoms with Gasteiger partial charge in [0.1, 0.15) is 23.8 Å². The quantitative estimate of drug-likeness (QED) is 0.388. The van der Waals surface area contributed by atoms with Crippen molar-refractivity contribution < 1.29 is 14.3 Å². The number of hydrogen-bond acceptors (Lipinski definition) is 5. The maximum atomic E-state index is 12.8. The number of nitrogens with zero attached hydrogens (tertiary/aromatic N) is 2. The van der Waals surface area contributed by atoms with Crippen molar-refractivity contribution in [3.05, 3.63) is 119 Å². The molecule has 7 heteroatoms. The molecule has 0 atom stereocenters. The van der Waals surface area contributed by atoms with Gasteiger partial charge < -0.3 is 14.8 Å². The van der Waals surface area contributed by atoms with E-state index in [1.165, 1.54) is 22.4 Å². The van der Waals surface area contributed by atoms with Crippen LogP contribution in [0.4, 0.5) is 5.69 Å². The first kappa shape index (κ1) is 22.8. The number of hydrogen-bond donors (Lipinski definition) is 1. The van der Waals surface area contributed by atoms with Gasteiger partial charge in [0.15, 0.2) is 0 Å². The van der Waals surface area contributed by atoms with Crippen molar-refractivity contribution in [2.75, 3.05) is 18.5 Å². The highest BCUT2D eigenvalue weighted by atomic mass is 16.5. The van der Waals surface area contributed by atoms with E-state index < -0.39 is 5.91 Å². The molecule has 1 amide bonds. The predicted octanol–water partition coefficient (Wildman–Crippen LogP) is 4.20. The van der Waals surface area contributed by atoms with Gasteiger partial charge in [0.25, 0.3) is 11.5 Å². The molecule has 0 aliphatic rings. The van der Waals surface area contributed by atoms with E-state index in [2.05, 4.69) is 10.4 Å². The molecular formula is C27H25N3O4. The summed E-state index contributed by atoms with van der Waals surface area (Å²) < 4.78 is 12.8. The Morgan fingerprint density at radius 2 is 1.50 bits per heavy atom. The summed E-state index contributed by atoms with van der Waals surface area (Å²) in [5, 5.41) is 7.03. The van der Waals surface area contributed by atoms with Crippen LogP contribution in [0, 0.1) is 0 Å². The number of amides is 1. The predicted molar refractivity (Wildman–Crippen MR) is 130 cm³/mol. The van der Waals surface area contributed by atoms with Crippen molar-refractivity contribution in [1.29, 1.82) is 0 Å². The molecule has 0 spiro atoms. The van der Waals surface area contributed by atoms with Gasteiger partial charge in [-0.25, -0.2) is 4.68 Å². The van der Waals surface area contributed by atoms with Gasteiger partial charge in [-0.2, -0.15) is 5.10 Å². The third-order valence-electron chi connectivity index (χ3n) is 5.04. The summed E-state index contributed by atoms with van der Waals surface area (Å²) in [4.78, 5) is 25.0. The zero-order valence-electron chi connectivity index (χ0n) is 18.6. The van der Waals surface area contributed by atoms with Crippen LogP contribution >= 0.6 is 0 Å². The van der Waals surface area contributed by atoms with E-state index in [1.54, 1.807) is 12.1 Å². The van der Waals surface area contributed by atoms with Crippen molar-refractivity contribution in [2.45, 2.75) is 13.0 Å². The Hall–Kier alpha value is -4.39. The largest absolute Gasteiger partial charge is 0.492 e. The summed E-state index contributed by atoms with van der Waals surface area (Å²) in [6.45, 7) is 0.940. The SMILES string of the molecule is O=C(Nc1ccccc1OCCc1ccccc1)c1ccc(=O)n(CCOc2ccccc2)n1. The summed E-state index contributed by atoms with van der Waals surface area (Å²) in [5.74, 6) is 0.835. The van der Waals surface area contributed by atoms with Crippen LogP contribution in [0.2, 0.25) is 0 Å². The number of para-hydroxylation sites is 3. The molecule has 0 aliphatic heterocycles. The van der Waals surface area contributed by atoms with E-state index in [0.717, 1.165) is 6.42 Å². The first-order valence-corrected chi connectivity index (χ1v) is 11.0. The number of carbonyl (C=O) groups excluding carboxylic acids is 1. The van der Waals surface area contributed by atoms with Crippen molar-refractivity contribution in [1.82, 2.24) is 9.78 Å². The molecule has 0 saturated heterocycles. The summed E-state index contributed by atoms with van der Waals surface area (Å²) in [6.07, 6.45) is 0.751. The molecular weight excluding hydrogens is 430 g/mol. The summed E-state index contributed by atoms with van der Waals surface area (Å²) in [5.41, 5.74) is 1.52. The number of rotatable bonds is 10. The lowest BCUT2D eigenvalue weighted by atomic mass is 10.2. The Bertz CT molecular complexity index is 1270. The van der Waals surface area contributed by atoms with Gasteiger partial charge in [-0.05, 0) is 35.9 Å². The number of nitrogens with one attached hydrogen (secondary N) is 1. The van der Waals surface area contributed by atoms with Crippen LogP contribution in [0.5, 0.6) is 11.5 Å². The molecule has 0 radical (unpaired) electrons. The molecule has 0 bridgehead atoms. The first-order valence-electron chi connectivity index (χ1n) is 11.0. The molecule has 4 aromatic rings. The fraction of sp³-hybridized carbons (Fsp3) is 0.148. The minimum absolute atomic E-state index is 0.124. The average Bonchev–Trinajstić information content (AvgIpc) is 2.87. The van der Waals surface area contributed by atoms with Crippen LogP contribution in [-0.4, -0.2) is 28.9 Å². The fourth-order valence-corrected chi connectivity index (χ4v) is 3.30. The Labute approximate surface area is 197 Å². The fourth-order valence-electron chi connectivity index (χ4n) is 3.30. The molecule has 0 saturated carbocycles. The van der Waals surface area contributed by atoms with Gasteiger partial charge in [0.05, 0.1) is 18.8 Å².